The van der Waals surface area contributed by atoms with Crippen molar-refractivity contribution in [3.8, 4) is 0 Å². The SMILES string of the molecule is CN1C(=O)OCC1c1ccc(F)c(Cl)c1. The van der Waals surface area contributed by atoms with Gasteiger partial charge in [0.25, 0.3) is 0 Å². The normalized spacial score (nSPS) is 20.6. The van der Waals surface area contributed by atoms with Crippen LogP contribution in [-0.2, 0) is 4.74 Å². The molecule has 1 aliphatic rings. The maximum absolute atomic E-state index is 12.9. The van der Waals surface area contributed by atoms with E-state index in [1.54, 1.807) is 13.1 Å². The van der Waals surface area contributed by atoms with Gasteiger partial charge in [0, 0.05) is 7.05 Å². The zero-order chi connectivity index (χ0) is 11.0. The molecule has 1 heterocycles. The summed E-state index contributed by atoms with van der Waals surface area (Å²) in [5.74, 6) is -0.465. The number of cyclic esters (lactones) is 1. The van der Waals surface area contributed by atoms with Crippen molar-refractivity contribution >= 4 is 17.7 Å². The minimum atomic E-state index is -0.465. The summed E-state index contributed by atoms with van der Waals surface area (Å²) in [4.78, 5) is 12.6. The quantitative estimate of drug-likeness (QED) is 0.741. The molecule has 0 aliphatic carbocycles. The Balaban J connectivity index is 2.30. The van der Waals surface area contributed by atoms with Crippen LogP contribution in [0.3, 0.4) is 0 Å². The molecule has 0 radical (unpaired) electrons. The maximum Gasteiger partial charge on any atom is 0.410 e. The molecular formula is C10H9ClFNO2. The minimum Gasteiger partial charge on any atom is -0.447 e. The predicted molar refractivity (Wildman–Crippen MR) is 53.3 cm³/mol. The Morgan fingerprint density at radius 1 is 1.60 bits per heavy atom. The molecule has 3 nitrogen and oxygen atoms in total. The van der Waals surface area contributed by atoms with Gasteiger partial charge in [-0.1, -0.05) is 17.7 Å². The molecule has 1 saturated heterocycles. The van der Waals surface area contributed by atoms with Gasteiger partial charge in [-0.15, -0.1) is 0 Å². The van der Waals surface area contributed by atoms with E-state index in [4.69, 9.17) is 16.3 Å². The van der Waals surface area contributed by atoms with Gasteiger partial charge >= 0.3 is 6.09 Å². The second-order valence-corrected chi connectivity index (χ2v) is 3.78. The van der Waals surface area contributed by atoms with Crippen LogP contribution in [0.5, 0.6) is 0 Å². The number of hydrogen-bond donors (Lipinski definition) is 0. The first kappa shape index (κ1) is 10.2. The number of carbonyl (C=O) groups is 1. The fourth-order valence-corrected chi connectivity index (χ4v) is 1.72. The van der Waals surface area contributed by atoms with Crippen molar-refractivity contribution in [2.75, 3.05) is 13.7 Å². The van der Waals surface area contributed by atoms with E-state index in [-0.39, 0.29) is 23.8 Å². The molecule has 5 heteroatoms. The van der Waals surface area contributed by atoms with Crippen molar-refractivity contribution < 1.29 is 13.9 Å². The summed E-state index contributed by atoms with van der Waals surface area (Å²) in [7, 11) is 1.64. The smallest absolute Gasteiger partial charge is 0.410 e. The van der Waals surface area contributed by atoms with Crippen LogP contribution < -0.4 is 0 Å². The molecule has 0 aromatic heterocycles. The van der Waals surface area contributed by atoms with Crippen LogP contribution in [-0.4, -0.2) is 24.6 Å². The zero-order valence-electron chi connectivity index (χ0n) is 8.04. The predicted octanol–water partition coefficient (Wildman–Crippen LogP) is 2.60. The molecule has 0 N–H and O–H groups in total. The van der Waals surface area contributed by atoms with E-state index in [2.05, 4.69) is 0 Å². The summed E-state index contributed by atoms with van der Waals surface area (Å²) in [6.07, 6.45) is -0.375. The van der Waals surface area contributed by atoms with Gasteiger partial charge in [-0.25, -0.2) is 9.18 Å². The second-order valence-electron chi connectivity index (χ2n) is 3.38. The number of carbonyl (C=O) groups excluding carboxylic acids is 1. The fourth-order valence-electron chi connectivity index (χ4n) is 1.53. The zero-order valence-corrected chi connectivity index (χ0v) is 8.79. The lowest BCUT2D eigenvalue weighted by molar-refractivity contribution is 0.163. The van der Waals surface area contributed by atoms with E-state index in [1.807, 2.05) is 0 Å². The van der Waals surface area contributed by atoms with Gasteiger partial charge in [-0.3, -0.25) is 0 Å². The highest BCUT2D eigenvalue weighted by Crippen LogP contribution is 2.28. The number of halogens is 2. The highest BCUT2D eigenvalue weighted by atomic mass is 35.5. The van der Waals surface area contributed by atoms with Crippen LogP contribution in [0.1, 0.15) is 11.6 Å². The van der Waals surface area contributed by atoms with Crippen molar-refractivity contribution in [2.24, 2.45) is 0 Å². The summed E-state index contributed by atoms with van der Waals surface area (Å²) in [5.41, 5.74) is 0.773. The minimum absolute atomic E-state index is 0.0558. The molecule has 1 aliphatic heterocycles. The third-order valence-corrected chi connectivity index (χ3v) is 2.74. The van der Waals surface area contributed by atoms with Crippen LogP contribution >= 0.6 is 11.6 Å². The van der Waals surface area contributed by atoms with E-state index in [0.717, 1.165) is 5.56 Å². The molecule has 1 amide bonds. The van der Waals surface area contributed by atoms with Gasteiger partial charge in [0.2, 0.25) is 0 Å². The van der Waals surface area contributed by atoms with Gasteiger partial charge in [-0.2, -0.15) is 0 Å². The van der Waals surface area contributed by atoms with Crippen molar-refractivity contribution in [3.63, 3.8) is 0 Å². The van der Waals surface area contributed by atoms with Crippen molar-refractivity contribution in [2.45, 2.75) is 6.04 Å². The fraction of sp³-hybridized carbons (Fsp3) is 0.300. The molecular weight excluding hydrogens is 221 g/mol. The lowest BCUT2D eigenvalue weighted by atomic mass is 10.1. The first-order valence-electron chi connectivity index (χ1n) is 4.44. The van der Waals surface area contributed by atoms with E-state index in [9.17, 15) is 9.18 Å². The summed E-state index contributed by atoms with van der Waals surface area (Å²) >= 11 is 5.66. The van der Waals surface area contributed by atoms with E-state index >= 15 is 0 Å². The number of benzene rings is 1. The first-order chi connectivity index (χ1) is 7.09. The number of ether oxygens (including phenoxy) is 1. The number of hydrogen-bond acceptors (Lipinski definition) is 2. The number of amides is 1. The number of rotatable bonds is 1. The van der Waals surface area contributed by atoms with Crippen LogP contribution in [0.25, 0.3) is 0 Å². The Morgan fingerprint density at radius 2 is 2.33 bits per heavy atom. The molecule has 0 saturated carbocycles. The molecule has 1 aromatic carbocycles. The average Bonchev–Trinajstić information content (AvgIpc) is 2.53. The molecule has 1 aromatic rings. The Kier molecular flexibility index (Phi) is 2.52. The van der Waals surface area contributed by atoms with E-state index < -0.39 is 5.82 Å². The summed E-state index contributed by atoms with van der Waals surface area (Å²) in [5, 5.41) is 0.0558. The molecule has 1 unspecified atom stereocenters. The Hall–Kier alpha value is -1.29. The monoisotopic (exact) mass is 229 g/mol. The molecule has 0 bridgehead atoms. The highest BCUT2D eigenvalue weighted by Gasteiger charge is 2.30. The van der Waals surface area contributed by atoms with Crippen LogP contribution in [0, 0.1) is 5.82 Å². The van der Waals surface area contributed by atoms with Crippen LogP contribution in [0.15, 0.2) is 18.2 Å². The molecule has 1 fully saturated rings. The topological polar surface area (TPSA) is 29.5 Å². The average molecular weight is 230 g/mol. The molecule has 2 rings (SSSR count). The Labute approximate surface area is 91.4 Å². The Bertz CT molecular complexity index is 410. The van der Waals surface area contributed by atoms with Gasteiger partial charge in [0.1, 0.15) is 12.4 Å². The lowest BCUT2D eigenvalue weighted by Crippen LogP contribution is -2.22. The molecule has 0 spiro atoms. The largest absolute Gasteiger partial charge is 0.447 e. The summed E-state index contributed by atoms with van der Waals surface area (Å²) < 4.78 is 17.8. The Morgan fingerprint density at radius 3 is 2.87 bits per heavy atom. The van der Waals surface area contributed by atoms with Gasteiger partial charge in [-0.05, 0) is 17.7 Å². The molecule has 80 valence electrons. The van der Waals surface area contributed by atoms with Gasteiger partial charge in [0.15, 0.2) is 0 Å². The van der Waals surface area contributed by atoms with Crippen molar-refractivity contribution in [1.82, 2.24) is 4.90 Å². The van der Waals surface area contributed by atoms with Crippen LogP contribution in [0.2, 0.25) is 5.02 Å². The number of nitrogens with zero attached hydrogens (tertiary/aromatic N) is 1. The molecule has 1 atom stereocenters. The maximum atomic E-state index is 12.9. The molecule has 15 heavy (non-hydrogen) atoms. The van der Waals surface area contributed by atoms with Crippen LogP contribution in [0.4, 0.5) is 9.18 Å². The third-order valence-electron chi connectivity index (χ3n) is 2.45. The second kappa shape index (κ2) is 3.70. The van der Waals surface area contributed by atoms with Crippen molar-refractivity contribution in [3.05, 3.63) is 34.6 Å². The van der Waals surface area contributed by atoms with E-state index in [0.29, 0.717) is 0 Å². The first-order valence-corrected chi connectivity index (χ1v) is 4.82. The summed E-state index contributed by atoms with van der Waals surface area (Å²) in [6.45, 7) is 0.275. The summed E-state index contributed by atoms with van der Waals surface area (Å²) in [6, 6.07) is 4.22. The van der Waals surface area contributed by atoms with Crippen molar-refractivity contribution in [1.29, 1.82) is 0 Å². The number of likely N-dealkylation sites (N-methyl/N-ethyl adjacent to an activating group) is 1. The highest BCUT2D eigenvalue weighted by molar-refractivity contribution is 6.30. The lowest BCUT2D eigenvalue weighted by Gasteiger charge is -2.16. The van der Waals surface area contributed by atoms with E-state index in [1.165, 1.54) is 17.0 Å². The van der Waals surface area contributed by atoms with Gasteiger partial charge in [0.05, 0.1) is 11.1 Å². The standard InChI is InChI=1S/C10H9ClFNO2/c1-13-9(5-15-10(13)14)6-2-3-8(12)7(11)4-6/h2-4,9H,5H2,1H3. The van der Waals surface area contributed by atoms with Gasteiger partial charge < -0.3 is 9.64 Å². The third kappa shape index (κ3) is 1.77.